The molecule has 1 aliphatic rings. The minimum atomic E-state index is -4.39. The van der Waals surface area contributed by atoms with Gasteiger partial charge >= 0.3 is 12.1 Å². The van der Waals surface area contributed by atoms with Gasteiger partial charge in [-0.2, -0.15) is 13.2 Å². The van der Waals surface area contributed by atoms with E-state index in [1.807, 2.05) is 0 Å². The van der Waals surface area contributed by atoms with Crippen molar-refractivity contribution in [2.75, 3.05) is 19.7 Å². The summed E-state index contributed by atoms with van der Waals surface area (Å²) in [5.74, 6) is -0.351. The van der Waals surface area contributed by atoms with Crippen molar-refractivity contribution >= 4 is 17.0 Å². The molecular formula is C19H24F3N3O3. The van der Waals surface area contributed by atoms with Crippen LogP contribution in [0.1, 0.15) is 42.4 Å². The van der Waals surface area contributed by atoms with Crippen molar-refractivity contribution in [2.24, 2.45) is 0 Å². The van der Waals surface area contributed by atoms with Crippen LogP contribution < -0.4 is 0 Å². The molecule has 1 fully saturated rings. The van der Waals surface area contributed by atoms with Crippen molar-refractivity contribution < 1.29 is 27.8 Å². The van der Waals surface area contributed by atoms with Crippen molar-refractivity contribution in [1.82, 2.24) is 14.5 Å². The van der Waals surface area contributed by atoms with Crippen molar-refractivity contribution in [3.05, 3.63) is 29.6 Å². The standard InChI is InChI=1S/C19H24F3N3O3/c1-13(28-12-19(20,21)22)10-25-16-9-14(18(26)27)5-6-15(16)23-17(25)11-24-7-3-2-4-8-24/h5-6,9,13H,2-4,7-8,10-12H2,1H3,(H,26,27). The molecule has 0 aliphatic carbocycles. The van der Waals surface area contributed by atoms with E-state index < -0.39 is 24.9 Å². The second-order valence-corrected chi connectivity index (χ2v) is 7.22. The number of ether oxygens (including phenoxy) is 1. The molecular weight excluding hydrogens is 375 g/mol. The van der Waals surface area contributed by atoms with Crippen molar-refractivity contribution in [2.45, 2.75) is 51.6 Å². The number of hydrogen-bond donors (Lipinski definition) is 1. The van der Waals surface area contributed by atoms with Gasteiger partial charge < -0.3 is 14.4 Å². The zero-order chi connectivity index (χ0) is 20.3. The first-order valence-electron chi connectivity index (χ1n) is 9.36. The molecule has 1 N–H and O–H groups in total. The van der Waals surface area contributed by atoms with Crippen LogP contribution in [0.2, 0.25) is 0 Å². The molecule has 3 rings (SSSR count). The Morgan fingerprint density at radius 2 is 2.00 bits per heavy atom. The molecule has 1 aromatic carbocycles. The Morgan fingerprint density at radius 3 is 2.64 bits per heavy atom. The van der Waals surface area contributed by atoms with E-state index >= 15 is 0 Å². The van der Waals surface area contributed by atoms with E-state index in [9.17, 15) is 23.1 Å². The molecule has 1 saturated heterocycles. The molecule has 9 heteroatoms. The Morgan fingerprint density at radius 1 is 1.29 bits per heavy atom. The monoisotopic (exact) mass is 399 g/mol. The van der Waals surface area contributed by atoms with Crippen LogP contribution >= 0.6 is 0 Å². The molecule has 0 bridgehead atoms. The Bertz CT molecular complexity index is 829. The summed E-state index contributed by atoms with van der Waals surface area (Å²) >= 11 is 0. The van der Waals surface area contributed by atoms with Gasteiger partial charge in [0.15, 0.2) is 0 Å². The molecule has 154 valence electrons. The van der Waals surface area contributed by atoms with Crippen LogP contribution in [0.25, 0.3) is 11.0 Å². The Balaban J connectivity index is 1.89. The van der Waals surface area contributed by atoms with Crippen LogP contribution in [0.3, 0.4) is 0 Å². The molecule has 1 unspecified atom stereocenters. The number of aromatic nitrogens is 2. The number of hydrogen-bond acceptors (Lipinski definition) is 4. The number of piperidine rings is 1. The third-order valence-electron chi connectivity index (χ3n) is 4.86. The second-order valence-electron chi connectivity index (χ2n) is 7.22. The smallest absolute Gasteiger partial charge is 0.411 e. The maximum absolute atomic E-state index is 12.5. The average Bonchev–Trinajstić information content (AvgIpc) is 2.96. The fourth-order valence-corrected chi connectivity index (χ4v) is 3.49. The number of halogens is 3. The first-order valence-corrected chi connectivity index (χ1v) is 9.36. The summed E-state index contributed by atoms with van der Waals surface area (Å²) in [6.07, 6.45) is -1.69. The van der Waals surface area contributed by atoms with Gasteiger partial charge in [-0.15, -0.1) is 0 Å². The zero-order valence-electron chi connectivity index (χ0n) is 15.7. The molecule has 1 aromatic heterocycles. The molecule has 0 spiro atoms. The van der Waals surface area contributed by atoms with Gasteiger partial charge in [-0.1, -0.05) is 6.42 Å². The molecule has 1 atom stereocenters. The van der Waals surface area contributed by atoms with Crippen molar-refractivity contribution in [3.8, 4) is 0 Å². The first-order chi connectivity index (χ1) is 13.2. The van der Waals surface area contributed by atoms with Gasteiger partial charge in [-0.3, -0.25) is 4.90 Å². The van der Waals surface area contributed by atoms with E-state index in [4.69, 9.17) is 4.74 Å². The molecule has 0 saturated carbocycles. The number of alkyl halides is 3. The van der Waals surface area contributed by atoms with Gasteiger partial charge in [0.2, 0.25) is 0 Å². The third kappa shape index (κ3) is 5.23. The van der Waals surface area contributed by atoms with Gasteiger partial charge in [0.05, 0.1) is 35.8 Å². The highest BCUT2D eigenvalue weighted by atomic mass is 19.4. The van der Waals surface area contributed by atoms with Crippen LogP contribution in [0.4, 0.5) is 13.2 Å². The molecule has 2 heterocycles. The normalized spacial score (nSPS) is 17.1. The lowest BCUT2D eigenvalue weighted by Gasteiger charge is -2.26. The van der Waals surface area contributed by atoms with Gasteiger partial charge in [-0.05, 0) is 51.1 Å². The highest BCUT2D eigenvalue weighted by Crippen LogP contribution is 2.23. The first kappa shape index (κ1) is 20.6. The summed E-state index contributed by atoms with van der Waals surface area (Å²) < 4.78 is 44.1. The predicted octanol–water partition coefficient (Wildman–Crippen LogP) is 3.69. The Labute approximate surface area is 160 Å². The number of benzene rings is 1. The van der Waals surface area contributed by atoms with Gasteiger partial charge in [-0.25, -0.2) is 9.78 Å². The molecule has 0 radical (unpaired) electrons. The second kappa shape index (κ2) is 8.48. The number of aromatic carboxylic acids is 1. The molecule has 1 aliphatic heterocycles. The number of fused-ring (bicyclic) bond motifs is 1. The number of carbonyl (C=O) groups is 1. The van der Waals surface area contributed by atoms with Gasteiger partial charge in [0, 0.05) is 0 Å². The van der Waals surface area contributed by atoms with E-state index in [2.05, 4.69) is 9.88 Å². The number of carboxylic acids is 1. The van der Waals surface area contributed by atoms with Crippen molar-refractivity contribution in [1.29, 1.82) is 0 Å². The minimum Gasteiger partial charge on any atom is -0.478 e. The largest absolute Gasteiger partial charge is 0.478 e. The lowest BCUT2D eigenvalue weighted by molar-refractivity contribution is -0.184. The lowest BCUT2D eigenvalue weighted by Crippen LogP contribution is -2.31. The number of imidazole rings is 1. The summed E-state index contributed by atoms with van der Waals surface area (Å²) in [7, 11) is 0. The van der Waals surface area contributed by atoms with E-state index in [1.54, 1.807) is 17.6 Å². The maximum Gasteiger partial charge on any atom is 0.411 e. The molecule has 2 aromatic rings. The molecule has 0 amide bonds. The summed E-state index contributed by atoms with van der Waals surface area (Å²) in [5.41, 5.74) is 1.33. The van der Waals surface area contributed by atoms with Crippen LogP contribution in [-0.4, -0.2) is 57.5 Å². The van der Waals surface area contributed by atoms with Crippen molar-refractivity contribution in [3.63, 3.8) is 0 Å². The molecule has 6 nitrogen and oxygen atoms in total. The molecule has 28 heavy (non-hydrogen) atoms. The van der Waals surface area contributed by atoms with E-state index in [1.165, 1.54) is 18.6 Å². The SMILES string of the molecule is CC(Cn1c(CN2CCCCC2)nc2ccc(C(=O)O)cc21)OCC(F)(F)F. The van der Waals surface area contributed by atoms with E-state index in [-0.39, 0.29) is 12.1 Å². The summed E-state index contributed by atoms with van der Waals surface area (Å²) in [6.45, 7) is 2.89. The number of likely N-dealkylation sites (tertiary alicyclic amines) is 1. The summed E-state index contributed by atoms with van der Waals surface area (Å²) in [5, 5.41) is 9.27. The highest BCUT2D eigenvalue weighted by molar-refractivity contribution is 5.92. The van der Waals surface area contributed by atoms with Crippen LogP contribution in [0.15, 0.2) is 18.2 Å². The number of nitrogens with zero attached hydrogens (tertiary/aromatic N) is 3. The van der Waals surface area contributed by atoms with E-state index in [0.29, 0.717) is 23.4 Å². The Hall–Kier alpha value is -2.13. The van der Waals surface area contributed by atoms with Crippen LogP contribution in [0, 0.1) is 0 Å². The van der Waals surface area contributed by atoms with E-state index in [0.717, 1.165) is 25.9 Å². The van der Waals surface area contributed by atoms with Crippen LogP contribution in [-0.2, 0) is 17.8 Å². The summed E-state index contributed by atoms with van der Waals surface area (Å²) in [6, 6.07) is 4.63. The van der Waals surface area contributed by atoms with Crippen LogP contribution in [0.5, 0.6) is 0 Å². The average molecular weight is 399 g/mol. The maximum atomic E-state index is 12.5. The fourth-order valence-electron chi connectivity index (χ4n) is 3.49. The van der Waals surface area contributed by atoms with Gasteiger partial charge in [0.1, 0.15) is 12.4 Å². The topological polar surface area (TPSA) is 67.6 Å². The minimum absolute atomic E-state index is 0.113. The predicted molar refractivity (Wildman–Crippen MR) is 97.3 cm³/mol. The highest BCUT2D eigenvalue weighted by Gasteiger charge is 2.29. The number of rotatable bonds is 7. The zero-order valence-corrected chi connectivity index (χ0v) is 15.7. The lowest BCUT2D eigenvalue weighted by atomic mass is 10.1. The third-order valence-corrected chi connectivity index (χ3v) is 4.86. The Kier molecular flexibility index (Phi) is 6.24. The number of carboxylic acid groups (broad SMARTS) is 1. The summed E-state index contributed by atoms with van der Waals surface area (Å²) in [4.78, 5) is 18.2. The van der Waals surface area contributed by atoms with Gasteiger partial charge in [0.25, 0.3) is 0 Å². The fraction of sp³-hybridized carbons (Fsp3) is 0.579. The quantitative estimate of drug-likeness (QED) is 0.769.